The van der Waals surface area contributed by atoms with E-state index in [1.165, 1.54) is 0 Å². The number of alkyl halides is 12. The van der Waals surface area contributed by atoms with Crippen molar-refractivity contribution in [1.82, 2.24) is 4.98 Å². The lowest BCUT2D eigenvalue weighted by molar-refractivity contribution is -0.406. The topological polar surface area (TPSA) is 85.1 Å². The number of amides is 1. The molecule has 2 rings (SSSR count). The molecule has 0 aliphatic carbocycles. The molecule has 0 saturated heterocycles. The van der Waals surface area contributed by atoms with Gasteiger partial charge in [-0.05, 0) is 6.07 Å². The highest BCUT2D eigenvalue weighted by Gasteiger charge is 2.89. The number of nitro groups is 1. The smallest absolute Gasteiger partial charge is 0.296 e. The number of carbonyl (C=O) groups excluding carboxylic acids is 1. The van der Waals surface area contributed by atoms with Gasteiger partial charge in [-0.1, -0.05) is 11.3 Å². The Bertz CT molecular complexity index is 1090. The zero-order valence-corrected chi connectivity index (χ0v) is 15.7. The second-order valence-electron chi connectivity index (χ2n) is 6.10. The fourth-order valence-corrected chi connectivity index (χ4v) is 3.03. The highest BCUT2D eigenvalue weighted by Crippen LogP contribution is 2.58. The quantitative estimate of drug-likeness (QED) is 0.278. The van der Waals surface area contributed by atoms with Gasteiger partial charge < -0.3 is 0 Å². The minimum absolute atomic E-state index is 0.125. The molecule has 0 aliphatic heterocycles. The maximum absolute atomic E-state index is 13.8. The fraction of sp³-hybridized carbons (Fsp3) is 0.429. The van der Waals surface area contributed by atoms with Crippen molar-refractivity contribution in [3.63, 3.8) is 0 Å². The Morgan fingerprint density at radius 3 is 2.00 bits per heavy atom. The molecule has 1 heterocycles. The number of fused-ring (bicyclic) bond motifs is 1. The summed E-state index contributed by atoms with van der Waals surface area (Å²) in [4.78, 5) is 24.6. The minimum atomic E-state index is -7.85. The fourth-order valence-electron chi connectivity index (χ4n) is 2.14. The van der Waals surface area contributed by atoms with Gasteiger partial charge in [0.1, 0.15) is 0 Å². The van der Waals surface area contributed by atoms with E-state index in [9.17, 15) is 67.6 Å². The lowest BCUT2D eigenvalue weighted by atomic mass is 9.94. The minimum Gasteiger partial charge on any atom is -0.296 e. The molecule has 0 fully saturated rings. The summed E-state index contributed by atoms with van der Waals surface area (Å²) in [5.74, 6) is -40.7. The summed E-state index contributed by atoms with van der Waals surface area (Å²) >= 11 is 0.125. The van der Waals surface area contributed by atoms with Gasteiger partial charge >= 0.3 is 41.9 Å². The Morgan fingerprint density at radius 2 is 1.52 bits per heavy atom. The van der Waals surface area contributed by atoms with Gasteiger partial charge in [0.15, 0.2) is 5.13 Å². The molecule has 2 aromatic rings. The number of carbonyl (C=O) groups is 1. The Kier molecular flexibility index (Phi) is 6.30. The summed E-state index contributed by atoms with van der Waals surface area (Å²) in [6.45, 7) is 0. The highest BCUT2D eigenvalue weighted by atomic mass is 32.1. The SMILES string of the molecule is O=C(Nc1nc2ccc([N+](=O)[O-])cc2s1)C(F)(F)C(F)(F)C(F)(F)C(F)(F)C(F)(F)C(F)F. The molecular weight excluding hydrogens is 518 g/mol. The molecule has 0 atom stereocenters. The molecule has 0 saturated carbocycles. The van der Waals surface area contributed by atoms with Crippen molar-refractivity contribution in [3.8, 4) is 0 Å². The molecule has 184 valence electrons. The first-order valence-corrected chi connectivity index (χ1v) is 8.57. The number of nitrogens with zero attached hydrogens (tertiary/aromatic N) is 2. The number of anilines is 1. The standard InChI is InChI=1S/C14H5F12N3O3S/c15-7(16)10(17,18)12(21,22)14(25,26)13(23,24)11(19,20)8(30)28-9-27-5-2-1-4(29(31)32)3-6(5)33-9/h1-3,7H,(H,27,28,30). The molecule has 0 aliphatic rings. The van der Waals surface area contributed by atoms with E-state index >= 15 is 0 Å². The van der Waals surface area contributed by atoms with Crippen LogP contribution < -0.4 is 5.32 Å². The molecule has 0 unspecified atom stereocenters. The number of benzene rings is 1. The molecule has 1 aromatic carbocycles. The monoisotopic (exact) mass is 523 g/mol. The van der Waals surface area contributed by atoms with E-state index in [-0.39, 0.29) is 21.6 Å². The third kappa shape index (κ3) is 3.90. The molecule has 19 heteroatoms. The predicted molar refractivity (Wildman–Crippen MR) is 85.6 cm³/mol. The van der Waals surface area contributed by atoms with Crippen LogP contribution in [0.15, 0.2) is 18.2 Å². The average molecular weight is 523 g/mol. The predicted octanol–water partition coefficient (Wildman–Crippen LogP) is 5.58. The van der Waals surface area contributed by atoms with Crippen molar-refractivity contribution in [2.45, 2.75) is 36.0 Å². The van der Waals surface area contributed by atoms with Crippen LogP contribution in [-0.4, -0.2) is 51.9 Å². The number of non-ortho nitro benzene ring substituents is 1. The van der Waals surface area contributed by atoms with E-state index in [2.05, 4.69) is 4.98 Å². The van der Waals surface area contributed by atoms with E-state index in [0.29, 0.717) is 0 Å². The van der Waals surface area contributed by atoms with Crippen LogP contribution in [0, 0.1) is 10.1 Å². The van der Waals surface area contributed by atoms with Crippen molar-refractivity contribution < 1.29 is 62.4 Å². The largest absolute Gasteiger partial charge is 0.393 e. The lowest BCUT2D eigenvalue weighted by Gasteiger charge is -2.38. The van der Waals surface area contributed by atoms with Crippen molar-refractivity contribution in [1.29, 1.82) is 0 Å². The second-order valence-corrected chi connectivity index (χ2v) is 7.13. The van der Waals surface area contributed by atoms with Crippen molar-refractivity contribution in [3.05, 3.63) is 28.3 Å². The van der Waals surface area contributed by atoms with Crippen LogP contribution >= 0.6 is 11.3 Å². The summed E-state index contributed by atoms with van der Waals surface area (Å²) in [6.07, 6.45) is -5.66. The molecule has 1 amide bonds. The number of halogens is 12. The molecule has 1 N–H and O–H groups in total. The van der Waals surface area contributed by atoms with Crippen molar-refractivity contribution in [2.75, 3.05) is 5.32 Å². The van der Waals surface area contributed by atoms with Crippen LogP contribution in [0.3, 0.4) is 0 Å². The Labute approximate surface area is 176 Å². The van der Waals surface area contributed by atoms with Crippen LogP contribution in [0.4, 0.5) is 63.5 Å². The number of hydrogen-bond acceptors (Lipinski definition) is 5. The van der Waals surface area contributed by atoms with Crippen LogP contribution in [0.1, 0.15) is 0 Å². The van der Waals surface area contributed by atoms with Crippen molar-refractivity contribution in [2.24, 2.45) is 0 Å². The Balaban J connectivity index is 2.41. The first kappa shape index (κ1) is 26.4. The number of aromatic nitrogens is 1. The third-order valence-electron chi connectivity index (χ3n) is 3.96. The van der Waals surface area contributed by atoms with E-state index in [0.717, 1.165) is 23.5 Å². The molecular formula is C14H5F12N3O3S. The number of rotatable bonds is 8. The molecule has 0 radical (unpaired) electrons. The summed E-state index contributed by atoms with van der Waals surface area (Å²) in [6, 6.07) is 2.55. The van der Waals surface area contributed by atoms with Gasteiger partial charge in [0.25, 0.3) is 5.69 Å². The summed E-state index contributed by atoms with van der Waals surface area (Å²) < 4.78 is 158. The van der Waals surface area contributed by atoms with Crippen LogP contribution in [0.2, 0.25) is 0 Å². The average Bonchev–Trinajstić information content (AvgIpc) is 3.08. The number of nitro benzene ring substituents is 1. The first-order chi connectivity index (χ1) is 14.7. The molecule has 1 aromatic heterocycles. The number of hydrogen-bond donors (Lipinski definition) is 1. The van der Waals surface area contributed by atoms with Gasteiger partial charge in [0, 0.05) is 12.1 Å². The lowest BCUT2D eigenvalue weighted by Crippen LogP contribution is -2.70. The maximum Gasteiger partial charge on any atom is 0.393 e. The van der Waals surface area contributed by atoms with Gasteiger partial charge in [-0.15, -0.1) is 0 Å². The first-order valence-electron chi connectivity index (χ1n) is 7.75. The normalized spacial score (nSPS) is 14.1. The van der Waals surface area contributed by atoms with Gasteiger partial charge in [0.2, 0.25) is 0 Å². The maximum atomic E-state index is 13.8. The van der Waals surface area contributed by atoms with Gasteiger partial charge in [-0.25, -0.2) is 13.8 Å². The van der Waals surface area contributed by atoms with Gasteiger partial charge in [-0.2, -0.15) is 43.9 Å². The third-order valence-corrected chi connectivity index (χ3v) is 4.90. The molecule has 33 heavy (non-hydrogen) atoms. The number of nitrogens with one attached hydrogen (secondary N) is 1. The molecule has 0 bridgehead atoms. The van der Waals surface area contributed by atoms with Gasteiger partial charge in [0.05, 0.1) is 15.1 Å². The zero-order chi connectivity index (χ0) is 25.8. The van der Waals surface area contributed by atoms with Crippen LogP contribution in [-0.2, 0) is 4.79 Å². The number of thiazole rings is 1. The summed E-state index contributed by atoms with van der Waals surface area (Å²) in [5, 5.41) is 10.5. The molecule has 6 nitrogen and oxygen atoms in total. The van der Waals surface area contributed by atoms with E-state index in [4.69, 9.17) is 0 Å². The zero-order valence-electron chi connectivity index (χ0n) is 14.9. The second kappa shape index (κ2) is 7.87. The molecule has 0 spiro atoms. The van der Waals surface area contributed by atoms with Crippen LogP contribution in [0.5, 0.6) is 0 Å². The van der Waals surface area contributed by atoms with E-state index in [1.807, 2.05) is 0 Å². The summed E-state index contributed by atoms with van der Waals surface area (Å²) in [7, 11) is 0. The van der Waals surface area contributed by atoms with Gasteiger partial charge in [-0.3, -0.25) is 20.2 Å². The highest BCUT2D eigenvalue weighted by molar-refractivity contribution is 7.22. The van der Waals surface area contributed by atoms with E-state index < -0.39 is 57.7 Å². The van der Waals surface area contributed by atoms with Crippen LogP contribution in [0.25, 0.3) is 10.2 Å². The van der Waals surface area contributed by atoms with Crippen molar-refractivity contribution >= 4 is 38.3 Å². The summed E-state index contributed by atoms with van der Waals surface area (Å²) in [5.41, 5.74) is -0.813. The Morgan fingerprint density at radius 1 is 0.970 bits per heavy atom. The Hall–Kier alpha value is -2.86. The van der Waals surface area contributed by atoms with E-state index in [1.54, 1.807) is 0 Å².